The summed E-state index contributed by atoms with van der Waals surface area (Å²) in [6.07, 6.45) is -4.80. The Balaban J connectivity index is 1.77. The Hall–Kier alpha value is -2.96. The van der Waals surface area contributed by atoms with Crippen molar-refractivity contribution in [3.63, 3.8) is 0 Å². The van der Waals surface area contributed by atoms with Gasteiger partial charge >= 0.3 is 6.36 Å². The van der Waals surface area contributed by atoms with Crippen molar-refractivity contribution in [1.82, 2.24) is 5.32 Å². The van der Waals surface area contributed by atoms with Crippen molar-refractivity contribution in [2.24, 2.45) is 0 Å². The average Bonchev–Trinajstić information content (AvgIpc) is 2.90. The lowest BCUT2D eigenvalue weighted by atomic mass is 10.1. The number of hydrogen-bond acceptors (Lipinski definition) is 3. The Morgan fingerprint density at radius 2 is 1.80 bits per heavy atom. The van der Waals surface area contributed by atoms with E-state index < -0.39 is 12.3 Å². The van der Waals surface area contributed by atoms with Crippen molar-refractivity contribution in [3.05, 3.63) is 65.4 Å². The lowest BCUT2D eigenvalue weighted by molar-refractivity contribution is -0.274. The standard InChI is InChI=1S/C18H14F3NO3/c1-11-13-7-3-5-9-15(13)24-16(11)17(23)22-10-12-6-2-4-8-14(12)25-18(19,20)21/h2-9H,10H2,1H3,(H,22,23). The lowest BCUT2D eigenvalue weighted by Crippen LogP contribution is -2.24. The van der Waals surface area contributed by atoms with Crippen LogP contribution in [0.3, 0.4) is 0 Å². The molecular weight excluding hydrogens is 335 g/mol. The summed E-state index contributed by atoms with van der Waals surface area (Å²) >= 11 is 0. The van der Waals surface area contributed by atoms with Crippen molar-refractivity contribution in [2.75, 3.05) is 0 Å². The summed E-state index contributed by atoms with van der Waals surface area (Å²) in [7, 11) is 0. The molecule has 3 rings (SSSR count). The van der Waals surface area contributed by atoms with E-state index in [1.54, 1.807) is 25.1 Å². The van der Waals surface area contributed by atoms with E-state index in [1.165, 1.54) is 18.2 Å². The fourth-order valence-corrected chi connectivity index (χ4v) is 2.52. The number of rotatable bonds is 4. The number of amides is 1. The molecule has 0 fully saturated rings. The van der Waals surface area contributed by atoms with Gasteiger partial charge in [0, 0.05) is 23.1 Å². The number of fused-ring (bicyclic) bond motifs is 1. The molecule has 0 saturated carbocycles. The molecule has 1 heterocycles. The molecule has 7 heteroatoms. The number of para-hydroxylation sites is 2. The van der Waals surface area contributed by atoms with Gasteiger partial charge in [0.25, 0.3) is 5.91 Å². The summed E-state index contributed by atoms with van der Waals surface area (Å²) in [4.78, 5) is 12.3. The zero-order valence-electron chi connectivity index (χ0n) is 13.2. The van der Waals surface area contributed by atoms with Crippen molar-refractivity contribution in [2.45, 2.75) is 19.8 Å². The van der Waals surface area contributed by atoms with Gasteiger partial charge in [-0.05, 0) is 19.1 Å². The van der Waals surface area contributed by atoms with Crippen LogP contribution in [-0.4, -0.2) is 12.3 Å². The molecule has 0 atom stereocenters. The van der Waals surface area contributed by atoms with Crippen molar-refractivity contribution < 1.29 is 27.1 Å². The minimum Gasteiger partial charge on any atom is -0.451 e. The van der Waals surface area contributed by atoms with Crippen LogP contribution in [0, 0.1) is 6.92 Å². The molecule has 3 aromatic rings. The Morgan fingerprint density at radius 3 is 2.52 bits per heavy atom. The van der Waals surface area contributed by atoms with Gasteiger partial charge in [-0.1, -0.05) is 36.4 Å². The van der Waals surface area contributed by atoms with E-state index in [0.717, 1.165) is 5.39 Å². The molecule has 2 aromatic carbocycles. The number of alkyl halides is 3. The Morgan fingerprint density at radius 1 is 1.12 bits per heavy atom. The van der Waals surface area contributed by atoms with Crippen molar-refractivity contribution >= 4 is 16.9 Å². The Bertz CT molecular complexity index is 915. The minimum absolute atomic E-state index is 0.123. The maximum Gasteiger partial charge on any atom is 0.573 e. The van der Waals surface area contributed by atoms with E-state index in [0.29, 0.717) is 11.1 Å². The van der Waals surface area contributed by atoms with Gasteiger partial charge in [-0.3, -0.25) is 4.79 Å². The molecule has 0 aliphatic carbocycles. The third-order valence-electron chi connectivity index (χ3n) is 3.69. The number of halogens is 3. The zero-order chi connectivity index (χ0) is 18.0. The van der Waals surface area contributed by atoms with Gasteiger partial charge in [0.1, 0.15) is 11.3 Å². The maximum absolute atomic E-state index is 12.4. The first-order valence-corrected chi connectivity index (χ1v) is 7.45. The van der Waals surface area contributed by atoms with Crippen LogP contribution in [0.15, 0.2) is 52.9 Å². The second-order valence-corrected chi connectivity index (χ2v) is 5.39. The van der Waals surface area contributed by atoms with E-state index in [4.69, 9.17) is 4.42 Å². The van der Waals surface area contributed by atoms with Crippen LogP contribution in [0.5, 0.6) is 5.75 Å². The molecule has 1 N–H and O–H groups in total. The minimum atomic E-state index is -4.80. The summed E-state index contributed by atoms with van der Waals surface area (Å²) < 4.78 is 46.8. The first kappa shape index (κ1) is 16.9. The monoisotopic (exact) mass is 349 g/mol. The third kappa shape index (κ3) is 3.76. The van der Waals surface area contributed by atoms with Crippen LogP contribution in [0.2, 0.25) is 0 Å². The molecule has 0 spiro atoms. The highest BCUT2D eigenvalue weighted by Gasteiger charge is 2.32. The summed E-state index contributed by atoms with van der Waals surface area (Å²) in [5, 5.41) is 3.38. The van der Waals surface area contributed by atoms with Crippen molar-refractivity contribution in [1.29, 1.82) is 0 Å². The third-order valence-corrected chi connectivity index (χ3v) is 3.69. The smallest absolute Gasteiger partial charge is 0.451 e. The molecule has 130 valence electrons. The first-order chi connectivity index (χ1) is 11.8. The average molecular weight is 349 g/mol. The maximum atomic E-state index is 12.4. The lowest BCUT2D eigenvalue weighted by Gasteiger charge is -2.13. The predicted molar refractivity (Wildman–Crippen MR) is 85.2 cm³/mol. The summed E-state index contributed by atoms with van der Waals surface area (Å²) in [5.74, 6) is -0.720. The molecule has 1 amide bonds. The Kier molecular flexibility index (Phi) is 4.39. The second-order valence-electron chi connectivity index (χ2n) is 5.39. The van der Waals surface area contributed by atoms with Gasteiger partial charge in [-0.15, -0.1) is 13.2 Å². The van der Waals surface area contributed by atoms with Gasteiger partial charge in [0.05, 0.1) is 0 Å². The highest BCUT2D eigenvalue weighted by molar-refractivity contribution is 5.98. The summed E-state index contributed by atoms with van der Waals surface area (Å²) in [6.45, 7) is 1.63. The molecule has 0 aliphatic heterocycles. The van der Waals surface area contributed by atoms with Crippen LogP contribution < -0.4 is 10.1 Å². The number of aryl methyl sites for hydroxylation is 1. The van der Waals surface area contributed by atoms with E-state index >= 15 is 0 Å². The normalized spacial score (nSPS) is 11.5. The summed E-state index contributed by atoms with van der Waals surface area (Å²) in [5.41, 5.74) is 1.46. The first-order valence-electron chi connectivity index (χ1n) is 7.45. The van der Waals surface area contributed by atoms with Gasteiger partial charge in [0.2, 0.25) is 0 Å². The van der Waals surface area contributed by atoms with Crippen LogP contribution in [0.25, 0.3) is 11.0 Å². The van der Waals surface area contributed by atoms with Crippen LogP contribution >= 0.6 is 0 Å². The van der Waals surface area contributed by atoms with Crippen LogP contribution in [0.4, 0.5) is 13.2 Å². The molecule has 1 aromatic heterocycles. The fourth-order valence-electron chi connectivity index (χ4n) is 2.52. The van der Waals surface area contributed by atoms with Gasteiger partial charge in [0.15, 0.2) is 5.76 Å². The van der Waals surface area contributed by atoms with E-state index in [1.807, 2.05) is 12.1 Å². The fraction of sp³-hybridized carbons (Fsp3) is 0.167. The number of nitrogens with one attached hydrogen (secondary N) is 1. The number of carbonyl (C=O) groups is 1. The SMILES string of the molecule is Cc1c(C(=O)NCc2ccccc2OC(F)(F)F)oc2ccccc12. The summed E-state index contributed by atoms with van der Waals surface area (Å²) in [6, 6.07) is 12.8. The molecule has 0 saturated heterocycles. The second kappa shape index (κ2) is 6.51. The number of benzene rings is 2. The molecule has 0 unspecified atom stereocenters. The molecular formula is C18H14F3NO3. The van der Waals surface area contributed by atoms with Gasteiger partial charge in [-0.25, -0.2) is 0 Å². The molecule has 4 nitrogen and oxygen atoms in total. The topological polar surface area (TPSA) is 51.5 Å². The largest absolute Gasteiger partial charge is 0.573 e. The van der Waals surface area contributed by atoms with Crippen LogP contribution in [-0.2, 0) is 6.54 Å². The molecule has 25 heavy (non-hydrogen) atoms. The van der Waals surface area contributed by atoms with E-state index in [-0.39, 0.29) is 23.6 Å². The zero-order valence-corrected chi connectivity index (χ0v) is 13.2. The predicted octanol–water partition coefficient (Wildman–Crippen LogP) is 4.57. The molecule has 0 bridgehead atoms. The highest BCUT2D eigenvalue weighted by Crippen LogP contribution is 2.27. The van der Waals surface area contributed by atoms with Crippen LogP contribution in [0.1, 0.15) is 21.7 Å². The number of furan rings is 1. The van der Waals surface area contributed by atoms with E-state index in [9.17, 15) is 18.0 Å². The number of hydrogen-bond donors (Lipinski definition) is 1. The Labute approximate surface area is 141 Å². The number of carbonyl (C=O) groups excluding carboxylic acids is 1. The van der Waals surface area contributed by atoms with E-state index in [2.05, 4.69) is 10.1 Å². The number of ether oxygens (including phenoxy) is 1. The molecule has 0 radical (unpaired) electrons. The quantitative estimate of drug-likeness (QED) is 0.751. The van der Waals surface area contributed by atoms with Gasteiger partial charge in [-0.2, -0.15) is 0 Å². The van der Waals surface area contributed by atoms with Gasteiger partial charge < -0.3 is 14.5 Å². The highest BCUT2D eigenvalue weighted by atomic mass is 19.4. The van der Waals surface area contributed by atoms with Crippen molar-refractivity contribution in [3.8, 4) is 5.75 Å². The molecule has 0 aliphatic rings.